The van der Waals surface area contributed by atoms with Gasteiger partial charge in [-0.1, -0.05) is 24.3 Å². The Labute approximate surface area is 156 Å². The zero-order valence-corrected chi connectivity index (χ0v) is 14.7. The zero-order chi connectivity index (χ0) is 18.6. The van der Waals surface area contributed by atoms with Gasteiger partial charge in [-0.2, -0.15) is 0 Å². The lowest BCUT2D eigenvalue weighted by Gasteiger charge is -2.22. The molecule has 3 heterocycles. The fourth-order valence-electron chi connectivity index (χ4n) is 3.37. The Bertz CT molecular complexity index is 928. The van der Waals surface area contributed by atoms with Crippen LogP contribution < -0.4 is 0 Å². The number of amides is 1. The molecule has 0 saturated carbocycles. The van der Waals surface area contributed by atoms with E-state index in [4.69, 9.17) is 4.42 Å². The quantitative estimate of drug-likeness (QED) is 0.690. The summed E-state index contributed by atoms with van der Waals surface area (Å²) in [6.45, 7) is 0.641. The maximum atomic E-state index is 13.8. The van der Waals surface area contributed by atoms with Crippen molar-refractivity contribution in [1.82, 2.24) is 20.1 Å². The number of aromatic nitrogens is 3. The van der Waals surface area contributed by atoms with E-state index in [1.165, 1.54) is 6.07 Å². The summed E-state index contributed by atoms with van der Waals surface area (Å²) >= 11 is 0. The Hall–Kier alpha value is -3.09. The van der Waals surface area contributed by atoms with Crippen LogP contribution in [0.25, 0.3) is 11.6 Å². The molecule has 1 aliphatic heterocycles. The van der Waals surface area contributed by atoms with E-state index in [9.17, 15) is 9.18 Å². The number of halogens is 1. The maximum Gasteiger partial charge on any atom is 0.266 e. The van der Waals surface area contributed by atoms with E-state index >= 15 is 0 Å². The van der Waals surface area contributed by atoms with Gasteiger partial charge in [0.05, 0.1) is 0 Å². The number of carbonyl (C=O) groups excluding carboxylic acids is 1. The topological polar surface area (TPSA) is 72.1 Å². The summed E-state index contributed by atoms with van der Waals surface area (Å²) in [5.41, 5.74) is 1.16. The standard InChI is InChI=1S/C20H19FN4O2/c21-15-7-2-1-6-14(15)10-11-18(26)25-13-5-9-17(25)20-24-23-19(27-20)16-8-3-4-12-22-16/h1-4,6-8,12,17H,5,9-11,13H2/t17-/m0/s1. The molecule has 1 saturated heterocycles. The van der Waals surface area contributed by atoms with Gasteiger partial charge in [-0.05, 0) is 43.0 Å². The molecule has 0 N–H and O–H groups in total. The first-order chi connectivity index (χ1) is 13.2. The third-order valence-corrected chi connectivity index (χ3v) is 4.75. The third-order valence-electron chi connectivity index (χ3n) is 4.75. The predicted molar refractivity (Wildman–Crippen MR) is 95.9 cm³/mol. The molecule has 6 nitrogen and oxygen atoms in total. The van der Waals surface area contributed by atoms with Crippen LogP contribution in [0.3, 0.4) is 0 Å². The third kappa shape index (κ3) is 3.72. The Kier molecular flexibility index (Phi) is 4.91. The number of hydrogen-bond donors (Lipinski definition) is 0. The van der Waals surface area contributed by atoms with E-state index in [1.807, 2.05) is 12.1 Å². The van der Waals surface area contributed by atoms with Crippen LogP contribution in [0, 0.1) is 5.82 Å². The highest BCUT2D eigenvalue weighted by molar-refractivity contribution is 5.77. The summed E-state index contributed by atoms with van der Waals surface area (Å²) < 4.78 is 19.5. The Morgan fingerprint density at radius 2 is 2.04 bits per heavy atom. The minimum Gasteiger partial charge on any atom is -0.417 e. The fourth-order valence-corrected chi connectivity index (χ4v) is 3.37. The van der Waals surface area contributed by atoms with Gasteiger partial charge in [0.2, 0.25) is 11.8 Å². The van der Waals surface area contributed by atoms with E-state index in [-0.39, 0.29) is 24.2 Å². The van der Waals surface area contributed by atoms with Crippen molar-refractivity contribution in [3.63, 3.8) is 0 Å². The Morgan fingerprint density at radius 1 is 1.19 bits per heavy atom. The number of nitrogens with zero attached hydrogens (tertiary/aromatic N) is 4. The summed E-state index contributed by atoms with van der Waals surface area (Å²) in [5, 5.41) is 8.19. The summed E-state index contributed by atoms with van der Waals surface area (Å²) in [6, 6.07) is 11.8. The van der Waals surface area contributed by atoms with E-state index in [1.54, 1.807) is 35.4 Å². The molecule has 1 atom stereocenters. The van der Waals surface area contributed by atoms with E-state index < -0.39 is 0 Å². The number of likely N-dealkylation sites (tertiary alicyclic amines) is 1. The number of benzene rings is 1. The second-order valence-corrected chi connectivity index (χ2v) is 6.50. The molecular weight excluding hydrogens is 347 g/mol. The van der Waals surface area contributed by atoms with E-state index in [2.05, 4.69) is 15.2 Å². The first kappa shape index (κ1) is 17.3. The zero-order valence-electron chi connectivity index (χ0n) is 14.7. The lowest BCUT2D eigenvalue weighted by atomic mass is 10.1. The van der Waals surface area contributed by atoms with E-state index in [0.717, 1.165) is 12.8 Å². The fraction of sp³-hybridized carbons (Fsp3) is 0.300. The van der Waals surface area contributed by atoms with Crippen LogP contribution in [-0.2, 0) is 11.2 Å². The number of rotatable bonds is 5. The first-order valence-electron chi connectivity index (χ1n) is 9.00. The van der Waals surface area contributed by atoms with Gasteiger partial charge in [-0.15, -0.1) is 10.2 Å². The summed E-state index contributed by atoms with van der Waals surface area (Å²) in [5.74, 6) is 0.460. The number of pyridine rings is 1. The maximum absolute atomic E-state index is 13.8. The van der Waals surface area contributed by atoms with Crippen molar-refractivity contribution in [2.24, 2.45) is 0 Å². The minimum absolute atomic E-state index is 0.0293. The van der Waals surface area contributed by atoms with Crippen LogP contribution in [0.5, 0.6) is 0 Å². The SMILES string of the molecule is O=C(CCc1ccccc1F)N1CCC[C@H]1c1nnc(-c2ccccn2)o1. The summed E-state index contributed by atoms with van der Waals surface area (Å²) in [7, 11) is 0. The molecule has 0 bridgehead atoms. The molecule has 7 heteroatoms. The molecule has 0 unspecified atom stereocenters. The van der Waals surface area contributed by atoms with Crippen molar-refractivity contribution in [3.05, 3.63) is 65.9 Å². The smallest absolute Gasteiger partial charge is 0.266 e. The molecule has 3 aromatic rings. The first-order valence-corrected chi connectivity index (χ1v) is 9.00. The molecule has 0 spiro atoms. The van der Waals surface area contributed by atoms with Crippen LogP contribution in [0.4, 0.5) is 4.39 Å². The molecule has 2 aromatic heterocycles. The number of hydrogen-bond acceptors (Lipinski definition) is 5. The summed E-state index contributed by atoms with van der Waals surface area (Å²) in [4.78, 5) is 18.7. The molecule has 27 heavy (non-hydrogen) atoms. The second-order valence-electron chi connectivity index (χ2n) is 6.50. The Morgan fingerprint density at radius 3 is 2.85 bits per heavy atom. The lowest BCUT2D eigenvalue weighted by molar-refractivity contribution is -0.132. The van der Waals surface area contributed by atoms with Gasteiger partial charge in [-0.3, -0.25) is 9.78 Å². The van der Waals surface area contributed by atoms with Gasteiger partial charge in [0, 0.05) is 19.2 Å². The largest absolute Gasteiger partial charge is 0.417 e. The van der Waals surface area contributed by atoms with Crippen LogP contribution in [0.15, 0.2) is 53.1 Å². The van der Waals surface area contributed by atoms with Crippen LogP contribution in [-0.4, -0.2) is 32.5 Å². The number of carbonyl (C=O) groups is 1. The molecule has 1 aromatic carbocycles. The van der Waals surface area contributed by atoms with Gasteiger partial charge in [0.25, 0.3) is 5.89 Å². The predicted octanol–water partition coefficient (Wildman–Crippen LogP) is 3.57. The van der Waals surface area contributed by atoms with Crippen molar-refractivity contribution in [1.29, 1.82) is 0 Å². The van der Waals surface area contributed by atoms with Crippen LogP contribution in [0.2, 0.25) is 0 Å². The summed E-state index contributed by atoms with van der Waals surface area (Å²) in [6.07, 6.45) is 3.93. The monoisotopic (exact) mass is 366 g/mol. The van der Waals surface area contributed by atoms with Gasteiger partial charge in [-0.25, -0.2) is 4.39 Å². The number of aryl methyl sites for hydroxylation is 1. The lowest BCUT2D eigenvalue weighted by Crippen LogP contribution is -2.31. The Balaban J connectivity index is 1.45. The molecule has 1 aliphatic rings. The molecule has 0 aliphatic carbocycles. The molecule has 4 rings (SSSR count). The molecule has 1 fully saturated rings. The normalized spacial score (nSPS) is 16.6. The van der Waals surface area contributed by atoms with E-state index in [0.29, 0.717) is 36.0 Å². The molecular formula is C20H19FN4O2. The van der Waals surface area contributed by atoms with Crippen molar-refractivity contribution in [2.75, 3.05) is 6.54 Å². The van der Waals surface area contributed by atoms with Crippen LogP contribution >= 0.6 is 0 Å². The van der Waals surface area contributed by atoms with Gasteiger partial charge < -0.3 is 9.32 Å². The van der Waals surface area contributed by atoms with Crippen LogP contribution in [0.1, 0.15) is 36.8 Å². The van der Waals surface area contributed by atoms with Gasteiger partial charge in [0.15, 0.2) is 0 Å². The highest BCUT2D eigenvalue weighted by Crippen LogP contribution is 2.33. The molecule has 1 amide bonds. The minimum atomic E-state index is -0.278. The van der Waals surface area contributed by atoms with Crippen molar-refractivity contribution >= 4 is 5.91 Å². The molecule has 0 radical (unpaired) electrons. The van der Waals surface area contributed by atoms with Gasteiger partial charge >= 0.3 is 0 Å². The van der Waals surface area contributed by atoms with Crippen molar-refractivity contribution < 1.29 is 13.6 Å². The van der Waals surface area contributed by atoms with Gasteiger partial charge in [0.1, 0.15) is 17.6 Å². The van der Waals surface area contributed by atoms with Crippen molar-refractivity contribution in [3.8, 4) is 11.6 Å². The average molecular weight is 366 g/mol. The highest BCUT2D eigenvalue weighted by Gasteiger charge is 2.33. The van der Waals surface area contributed by atoms with Crippen molar-refractivity contribution in [2.45, 2.75) is 31.7 Å². The highest BCUT2D eigenvalue weighted by atomic mass is 19.1. The second kappa shape index (κ2) is 7.65. The average Bonchev–Trinajstić information content (AvgIpc) is 3.37. The molecule has 138 valence electrons.